The number of hydrogen-bond donors (Lipinski definition) is 2. The molecular formula is C50H76N2O12. The summed E-state index contributed by atoms with van der Waals surface area (Å²) in [5.74, 6) is -2.50. The van der Waals surface area contributed by atoms with Gasteiger partial charge in [-0.1, -0.05) is 129 Å². The van der Waals surface area contributed by atoms with Gasteiger partial charge in [0.1, 0.15) is 24.4 Å². The van der Waals surface area contributed by atoms with Crippen molar-refractivity contribution in [2.45, 2.75) is 163 Å². The van der Waals surface area contributed by atoms with Gasteiger partial charge in [0.15, 0.2) is 12.6 Å². The van der Waals surface area contributed by atoms with Crippen molar-refractivity contribution in [3.05, 3.63) is 71.8 Å². The molecule has 2 aromatic rings. The highest BCUT2D eigenvalue weighted by atomic mass is 16.7. The first-order chi connectivity index (χ1) is 30.8. The SMILES string of the molecule is CCC(=O)O[C@H](CC)CC(=O)O[C@@H]1C(C)[C@H](OCC2O[C@H](OCCN)C(NC(=O)C[C@H](C)CC)[C@@H](OC(=O)C[C@H](C)CC)[C@@H]2C)OC(COCc2ccccc2)[C@H]1Cc1ccccc1. The Morgan fingerprint density at radius 3 is 1.92 bits per heavy atom. The van der Waals surface area contributed by atoms with E-state index >= 15 is 0 Å². The Morgan fingerprint density at radius 1 is 0.688 bits per heavy atom. The van der Waals surface area contributed by atoms with E-state index in [1.54, 1.807) is 6.92 Å². The van der Waals surface area contributed by atoms with Crippen LogP contribution in [0.25, 0.3) is 0 Å². The normalized spacial score (nSPS) is 27.1. The predicted octanol–water partition coefficient (Wildman–Crippen LogP) is 7.08. The molecule has 3 N–H and O–H groups in total. The molecule has 358 valence electrons. The van der Waals surface area contributed by atoms with E-state index in [1.807, 2.05) is 109 Å². The second-order valence-corrected chi connectivity index (χ2v) is 17.7. The molecule has 2 aliphatic rings. The van der Waals surface area contributed by atoms with E-state index in [2.05, 4.69) is 5.32 Å². The third-order valence-corrected chi connectivity index (χ3v) is 12.5. The molecule has 14 heteroatoms. The van der Waals surface area contributed by atoms with E-state index in [0.717, 1.165) is 24.0 Å². The first-order valence-corrected chi connectivity index (χ1v) is 23.6. The highest BCUT2D eigenvalue weighted by molar-refractivity contribution is 5.77. The van der Waals surface area contributed by atoms with Crippen LogP contribution in [0.4, 0.5) is 0 Å². The van der Waals surface area contributed by atoms with Crippen molar-refractivity contribution in [2.75, 3.05) is 26.4 Å². The van der Waals surface area contributed by atoms with Crippen molar-refractivity contribution in [1.29, 1.82) is 0 Å². The quantitative estimate of drug-likeness (QED) is 0.0724. The van der Waals surface area contributed by atoms with Crippen LogP contribution < -0.4 is 11.1 Å². The highest BCUT2D eigenvalue weighted by Gasteiger charge is 2.50. The van der Waals surface area contributed by atoms with Gasteiger partial charge in [0.05, 0.1) is 45.1 Å². The lowest BCUT2D eigenvalue weighted by Gasteiger charge is -2.47. The Balaban J connectivity index is 1.65. The number of carbonyl (C=O) groups excluding carboxylic acids is 4. The van der Waals surface area contributed by atoms with E-state index in [4.69, 9.17) is 43.6 Å². The summed E-state index contributed by atoms with van der Waals surface area (Å²) in [4.78, 5) is 52.9. The molecular weight excluding hydrogens is 821 g/mol. The number of hydrogen-bond acceptors (Lipinski definition) is 13. The number of nitrogens with two attached hydrogens (primary N) is 1. The fourth-order valence-corrected chi connectivity index (χ4v) is 8.07. The smallest absolute Gasteiger partial charge is 0.309 e. The van der Waals surface area contributed by atoms with Crippen molar-refractivity contribution in [1.82, 2.24) is 5.32 Å². The Morgan fingerprint density at radius 2 is 1.30 bits per heavy atom. The number of rotatable bonds is 26. The summed E-state index contributed by atoms with van der Waals surface area (Å²) in [6.45, 7) is 16.3. The van der Waals surface area contributed by atoms with E-state index in [0.29, 0.717) is 19.4 Å². The van der Waals surface area contributed by atoms with E-state index < -0.39 is 66.9 Å². The van der Waals surface area contributed by atoms with Crippen LogP contribution >= 0.6 is 0 Å². The zero-order valence-corrected chi connectivity index (χ0v) is 39.4. The van der Waals surface area contributed by atoms with E-state index in [1.165, 1.54) is 0 Å². The van der Waals surface area contributed by atoms with Gasteiger partial charge in [-0.25, -0.2) is 0 Å². The van der Waals surface area contributed by atoms with E-state index in [-0.39, 0.29) is 87.6 Å². The molecule has 2 fully saturated rings. The first-order valence-electron chi connectivity index (χ1n) is 23.6. The molecule has 13 atom stereocenters. The van der Waals surface area contributed by atoms with E-state index in [9.17, 15) is 19.2 Å². The number of ether oxygens (including phenoxy) is 8. The summed E-state index contributed by atoms with van der Waals surface area (Å²) in [7, 11) is 0. The summed E-state index contributed by atoms with van der Waals surface area (Å²) in [6.07, 6.45) is -2.09. The number of nitrogens with one attached hydrogen (secondary N) is 1. The molecule has 0 spiro atoms. The molecule has 1 amide bonds. The van der Waals surface area contributed by atoms with Crippen LogP contribution in [0, 0.1) is 29.6 Å². The molecule has 2 aromatic carbocycles. The topological polar surface area (TPSA) is 180 Å². The number of esters is 3. The Kier molecular flexibility index (Phi) is 22.7. The number of amides is 1. The standard InChI is InChI=1S/C50H76N2O12/c1-9-32(5)25-42(53)52-46-48(64-44(55)26-33(6)10-2)34(7)40(61-50(46)58-24-23-51)31-59-49-35(8)47(63-45(56)28-38(11-3)60-43(54)12-4)39(27-36-19-15-13-16-20-36)41(62-49)30-57-29-37-21-17-14-18-22-37/h13-22,32-35,38-41,46-50H,9-12,23-31,51H2,1-8H3,(H,52,53)/t32-,33-,34-,35?,38-,39-,40?,41?,46?,47-,48+,49-,50+/m1/s1. The van der Waals surface area contributed by atoms with Crippen molar-refractivity contribution in [3.63, 3.8) is 0 Å². The largest absolute Gasteiger partial charge is 0.462 e. The Bertz CT molecular complexity index is 1680. The summed E-state index contributed by atoms with van der Waals surface area (Å²) < 4.78 is 50.8. The zero-order chi connectivity index (χ0) is 46.6. The minimum absolute atomic E-state index is 0.0158. The maximum Gasteiger partial charge on any atom is 0.309 e. The summed E-state index contributed by atoms with van der Waals surface area (Å²) >= 11 is 0. The van der Waals surface area contributed by atoms with Gasteiger partial charge in [-0.3, -0.25) is 19.2 Å². The Hall–Kier alpha value is -3.92. The molecule has 2 heterocycles. The van der Waals surface area contributed by atoms with Crippen LogP contribution in [0.1, 0.15) is 111 Å². The van der Waals surface area contributed by atoms with Gasteiger partial charge in [-0.2, -0.15) is 0 Å². The monoisotopic (exact) mass is 897 g/mol. The molecule has 64 heavy (non-hydrogen) atoms. The van der Waals surface area contributed by atoms with Gasteiger partial charge in [0.25, 0.3) is 0 Å². The predicted molar refractivity (Wildman–Crippen MR) is 241 cm³/mol. The van der Waals surface area contributed by atoms with Crippen LogP contribution in [0.5, 0.6) is 0 Å². The summed E-state index contributed by atoms with van der Waals surface area (Å²) in [5.41, 5.74) is 7.92. The van der Waals surface area contributed by atoms with Gasteiger partial charge in [0.2, 0.25) is 5.91 Å². The van der Waals surface area contributed by atoms with Crippen LogP contribution in [-0.2, 0) is 70.1 Å². The maximum absolute atomic E-state index is 13.8. The van der Waals surface area contributed by atoms with Gasteiger partial charge in [-0.05, 0) is 35.8 Å². The Labute approximate surface area is 381 Å². The minimum atomic E-state index is -1.00. The molecule has 0 aliphatic carbocycles. The highest BCUT2D eigenvalue weighted by Crippen LogP contribution is 2.38. The van der Waals surface area contributed by atoms with Crippen LogP contribution in [0.2, 0.25) is 0 Å². The molecule has 4 rings (SSSR count). The number of benzene rings is 2. The molecule has 2 saturated heterocycles. The third-order valence-electron chi connectivity index (χ3n) is 12.5. The molecule has 14 nitrogen and oxygen atoms in total. The lowest BCUT2D eigenvalue weighted by Crippen LogP contribution is -2.63. The van der Waals surface area contributed by atoms with Crippen molar-refractivity contribution in [2.24, 2.45) is 35.3 Å². The van der Waals surface area contributed by atoms with Crippen molar-refractivity contribution < 1.29 is 57.1 Å². The average molecular weight is 897 g/mol. The maximum atomic E-state index is 13.8. The van der Waals surface area contributed by atoms with Crippen LogP contribution in [0.3, 0.4) is 0 Å². The van der Waals surface area contributed by atoms with Crippen molar-refractivity contribution >= 4 is 23.8 Å². The molecule has 4 unspecified atom stereocenters. The van der Waals surface area contributed by atoms with Gasteiger partial charge < -0.3 is 48.9 Å². The van der Waals surface area contributed by atoms with Crippen LogP contribution in [0.15, 0.2) is 60.7 Å². The fraction of sp³-hybridized carbons (Fsp3) is 0.680. The first kappa shape index (κ1) is 52.7. The van der Waals surface area contributed by atoms with Crippen LogP contribution in [-0.4, -0.2) is 99.3 Å². The second-order valence-electron chi connectivity index (χ2n) is 17.7. The average Bonchev–Trinajstić information content (AvgIpc) is 3.29. The van der Waals surface area contributed by atoms with Gasteiger partial charge in [0, 0.05) is 43.6 Å². The molecule has 2 aliphatic heterocycles. The van der Waals surface area contributed by atoms with Crippen molar-refractivity contribution in [3.8, 4) is 0 Å². The lowest BCUT2D eigenvalue weighted by atomic mass is 9.80. The zero-order valence-electron chi connectivity index (χ0n) is 39.4. The minimum Gasteiger partial charge on any atom is -0.462 e. The summed E-state index contributed by atoms with van der Waals surface area (Å²) in [5, 5.41) is 3.08. The fourth-order valence-electron chi connectivity index (χ4n) is 8.07. The summed E-state index contributed by atoms with van der Waals surface area (Å²) in [6, 6.07) is 19.0. The molecule has 0 radical (unpaired) electrons. The number of carbonyl (C=O) groups is 4. The molecule has 0 aromatic heterocycles. The van der Waals surface area contributed by atoms with Gasteiger partial charge in [-0.15, -0.1) is 0 Å². The molecule has 0 saturated carbocycles. The third kappa shape index (κ3) is 16.5. The molecule has 0 bridgehead atoms. The second kappa shape index (κ2) is 27.5. The lowest BCUT2D eigenvalue weighted by molar-refractivity contribution is -0.301. The van der Waals surface area contributed by atoms with Gasteiger partial charge >= 0.3 is 17.9 Å².